The minimum Gasteiger partial charge on any atom is -0.496 e. The molecule has 0 saturated heterocycles. The Kier molecular flexibility index (Phi) is 16.8. The van der Waals surface area contributed by atoms with E-state index < -0.39 is 0 Å². The number of rotatable bonds is 4. The molecule has 0 atom stereocenters. The number of aliphatic hydroxyl groups excluding tert-OH is 1. The average molecular weight is 514 g/mol. The Morgan fingerprint density at radius 2 is 1.62 bits per heavy atom. The van der Waals surface area contributed by atoms with Gasteiger partial charge in [0.15, 0.2) is 11.4 Å². The minimum atomic E-state index is -0.0899. The van der Waals surface area contributed by atoms with Gasteiger partial charge in [-0.05, 0) is 0 Å². The van der Waals surface area contributed by atoms with Crippen molar-refractivity contribution in [2.24, 2.45) is 0 Å². The molecule has 1 N–H and O–H groups in total. The molecule has 2 aromatic heterocycles. The van der Waals surface area contributed by atoms with Crippen LogP contribution in [0.5, 0.6) is 11.5 Å². The van der Waals surface area contributed by atoms with Gasteiger partial charge in [-0.2, -0.15) is 22.4 Å². The van der Waals surface area contributed by atoms with Gasteiger partial charge in [0.25, 0.3) is 0 Å². The highest BCUT2D eigenvalue weighted by atomic mass is 127. The van der Waals surface area contributed by atoms with E-state index in [-0.39, 0.29) is 14.0 Å². The van der Waals surface area contributed by atoms with Crippen molar-refractivity contribution in [1.29, 1.82) is 0 Å². The molecule has 143 valence electrons. The molecule has 6 nitrogen and oxygen atoms in total. The largest absolute Gasteiger partial charge is 0.496 e. The molecule has 26 heavy (non-hydrogen) atoms. The number of hydrogen-bond donors (Lipinski definition) is 1. The minimum absolute atomic E-state index is 0. The van der Waals surface area contributed by atoms with Crippen molar-refractivity contribution in [1.82, 2.24) is 9.97 Å². The van der Waals surface area contributed by atoms with Crippen LogP contribution in [0.2, 0.25) is 17.1 Å². The van der Waals surface area contributed by atoms with Crippen LogP contribution in [-0.2, 0) is 6.61 Å². The second-order valence-corrected chi connectivity index (χ2v) is 6.08. The molecule has 0 spiro atoms. The molecular formula is C16H21BCl2IN2O4. The maximum absolute atomic E-state index is 10.3. The number of hydrogen-bond acceptors (Lipinski definition) is 6. The summed E-state index contributed by atoms with van der Waals surface area (Å²) in [6.45, 7) is 1.90. The van der Waals surface area contributed by atoms with E-state index in [0.29, 0.717) is 39.2 Å². The van der Waals surface area contributed by atoms with Crippen LogP contribution in [0.4, 0.5) is 0 Å². The van der Waals surface area contributed by atoms with Gasteiger partial charge in [-0.1, -0.05) is 37.5 Å². The van der Waals surface area contributed by atoms with Gasteiger partial charge in [-0.25, -0.2) is 9.97 Å². The van der Waals surface area contributed by atoms with Gasteiger partial charge < -0.3 is 14.6 Å². The highest BCUT2D eigenvalue weighted by Crippen LogP contribution is 2.20. The summed E-state index contributed by atoms with van der Waals surface area (Å²) in [5, 5.41) is 11.4. The number of carbonyl (C=O) groups is 1. The number of nitrogens with zero attached hydrogens (tertiary/aromatic N) is 2. The van der Waals surface area contributed by atoms with E-state index in [4.69, 9.17) is 37.8 Å². The predicted molar refractivity (Wildman–Crippen MR) is 115 cm³/mol. The molecule has 0 unspecified atom stereocenters. The van der Waals surface area contributed by atoms with E-state index in [0.717, 1.165) is 0 Å². The van der Waals surface area contributed by atoms with Crippen molar-refractivity contribution < 1.29 is 19.4 Å². The number of halogens is 3. The predicted octanol–water partition coefficient (Wildman–Crippen LogP) is 4.52. The van der Waals surface area contributed by atoms with Crippen molar-refractivity contribution >= 4 is 57.0 Å². The van der Waals surface area contributed by atoms with E-state index in [2.05, 4.69) is 32.3 Å². The lowest BCUT2D eigenvalue weighted by molar-refractivity contribution is 0.112. The van der Waals surface area contributed by atoms with Crippen LogP contribution in [0.3, 0.4) is 0 Å². The number of aldehydes is 1. The maximum atomic E-state index is 10.3. The number of methoxy groups -OCH3 is 2. The Hall–Kier alpha value is -1.10. The van der Waals surface area contributed by atoms with Crippen molar-refractivity contribution in [3.63, 3.8) is 0 Å². The Morgan fingerprint density at radius 3 is 2.04 bits per heavy atom. The number of aliphatic hydroxyl groups is 1. The molecule has 1 radical (unpaired) electrons. The Morgan fingerprint density at radius 1 is 1.15 bits per heavy atom. The summed E-state index contributed by atoms with van der Waals surface area (Å²) in [5.74, 6) is 1.01. The van der Waals surface area contributed by atoms with Crippen LogP contribution in [-0.4, -0.2) is 40.7 Å². The fraction of sp³-hybridized carbons (Fsp3) is 0.312. The van der Waals surface area contributed by atoms with E-state index >= 15 is 0 Å². The van der Waals surface area contributed by atoms with Crippen LogP contribution in [0, 0.1) is 0 Å². The molecule has 2 aromatic rings. The molecule has 0 aromatic carbocycles. The van der Waals surface area contributed by atoms with E-state index in [1.807, 2.05) is 12.0 Å². The first-order valence-corrected chi connectivity index (χ1v) is 8.79. The first-order chi connectivity index (χ1) is 12.0. The standard InChI is InChI=1S/C7H8ClNO2.C7H6ClNO2.CH3BI.CH4/c2*1-11-6-2-7(8)9-3-5(6)4-10;1-2-3;/h2-3,10H,4H2,1H3;2-4H,1H3;1H3;1H4. The monoisotopic (exact) mass is 513 g/mol. The molecule has 0 aliphatic carbocycles. The van der Waals surface area contributed by atoms with Gasteiger partial charge in [-0.15, -0.1) is 0 Å². The summed E-state index contributed by atoms with van der Waals surface area (Å²) in [5.41, 5.74) is 1.04. The first-order valence-electron chi connectivity index (χ1n) is 6.79. The summed E-state index contributed by atoms with van der Waals surface area (Å²) >= 11 is 13.3. The van der Waals surface area contributed by atoms with Crippen LogP contribution in [0.1, 0.15) is 23.3 Å². The first kappa shape index (κ1) is 27.1. The highest BCUT2D eigenvalue weighted by Gasteiger charge is 2.02. The van der Waals surface area contributed by atoms with Crippen molar-refractivity contribution in [3.05, 3.63) is 46.0 Å². The molecule has 0 aliphatic heterocycles. The van der Waals surface area contributed by atoms with Crippen molar-refractivity contribution in [3.8, 4) is 11.5 Å². The number of carbonyl (C=O) groups excluding carboxylic acids is 1. The van der Waals surface area contributed by atoms with Crippen LogP contribution < -0.4 is 9.47 Å². The zero-order valence-electron chi connectivity index (χ0n) is 13.9. The number of pyridine rings is 2. The van der Waals surface area contributed by atoms with E-state index in [1.54, 1.807) is 6.07 Å². The molecule has 2 rings (SSSR count). The van der Waals surface area contributed by atoms with Crippen LogP contribution >= 0.6 is 45.6 Å². The SMILES string of the molecule is C.COc1cc(Cl)ncc1C=O.COc1cc(Cl)ncc1CO.C[B]I. The number of aromatic nitrogens is 2. The van der Waals surface area contributed by atoms with Gasteiger partial charge in [0.05, 0.1) is 26.4 Å². The molecule has 10 heteroatoms. The van der Waals surface area contributed by atoms with Crippen LogP contribution in [0.25, 0.3) is 0 Å². The zero-order chi connectivity index (χ0) is 19.2. The van der Waals surface area contributed by atoms with Gasteiger partial charge in [-0.3, -0.25) is 4.79 Å². The fourth-order valence-corrected chi connectivity index (χ4v) is 1.73. The third-order valence-corrected chi connectivity index (χ3v) is 2.92. The third-order valence-electron chi connectivity index (χ3n) is 2.51. The topological polar surface area (TPSA) is 81.5 Å². The third kappa shape index (κ3) is 10.2. The molecular weight excluding hydrogens is 493 g/mol. The molecule has 0 aliphatic rings. The smallest absolute Gasteiger partial charge is 0.196 e. The summed E-state index contributed by atoms with van der Waals surface area (Å²) in [4.78, 5) is 17.8. The summed E-state index contributed by atoms with van der Waals surface area (Å²) in [6.07, 6.45) is 3.53. The lowest BCUT2D eigenvalue weighted by atomic mass is 10.2. The quantitative estimate of drug-likeness (QED) is 0.280. The van der Waals surface area contributed by atoms with Crippen LogP contribution in [0.15, 0.2) is 24.5 Å². The summed E-state index contributed by atoms with van der Waals surface area (Å²) < 4.78 is 9.79. The van der Waals surface area contributed by atoms with Gasteiger partial charge >= 0.3 is 0 Å². The molecule has 0 amide bonds. The van der Waals surface area contributed by atoms with Crippen molar-refractivity contribution in [2.75, 3.05) is 14.2 Å². The maximum Gasteiger partial charge on any atom is 0.196 e. The zero-order valence-corrected chi connectivity index (χ0v) is 17.5. The van der Waals surface area contributed by atoms with E-state index in [1.165, 1.54) is 32.7 Å². The summed E-state index contributed by atoms with van der Waals surface area (Å²) in [6, 6.07) is 3.05. The Balaban J connectivity index is 0. The van der Waals surface area contributed by atoms with Gasteiger partial charge in [0.1, 0.15) is 21.8 Å². The number of ether oxygens (including phenoxy) is 2. The Labute approximate surface area is 178 Å². The normalized spacial score (nSPS) is 8.58. The molecule has 0 fully saturated rings. The van der Waals surface area contributed by atoms with Gasteiger partial charge in [0.2, 0.25) is 0 Å². The molecule has 0 saturated carbocycles. The fourth-order valence-electron chi connectivity index (χ4n) is 1.44. The second-order valence-electron chi connectivity index (χ2n) is 4.06. The van der Waals surface area contributed by atoms with Crippen molar-refractivity contribution in [2.45, 2.75) is 20.9 Å². The van der Waals surface area contributed by atoms with E-state index in [9.17, 15) is 4.79 Å². The second kappa shape index (κ2) is 16.1. The van der Waals surface area contributed by atoms with Gasteiger partial charge in [0, 0.05) is 30.1 Å². The Bertz CT molecular complexity index is 666. The summed E-state index contributed by atoms with van der Waals surface area (Å²) in [7, 11) is 2.99. The lowest BCUT2D eigenvalue weighted by Gasteiger charge is -2.04. The average Bonchev–Trinajstić information content (AvgIpc) is 2.62. The molecule has 0 bridgehead atoms. The molecule has 2 heterocycles. The highest BCUT2D eigenvalue weighted by molar-refractivity contribution is 14.1. The lowest BCUT2D eigenvalue weighted by Crippen LogP contribution is -1.92.